The first-order valence-corrected chi connectivity index (χ1v) is 8.59. The minimum atomic E-state index is -0.133. The molecule has 1 heterocycles. The Hall–Kier alpha value is -2.53. The number of rotatable bonds is 5. The van der Waals surface area contributed by atoms with Crippen molar-refractivity contribution < 1.29 is 9.59 Å². The first kappa shape index (κ1) is 19.8. The van der Waals surface area contributed by atoms with Gasteiger partial charge < -0.3 is 16.0 Å². The summed E-state index contributed by atoms with van der Waals surface area (Å²) in [6.45, 7) is 4.94. The predicted molar refractivity (Wildman–Crippen MR) is 108 cm³/mol. The molecule has 138 valence electrons. The maximum Gasteiger partial charge on any atom is 0.255 e. The van der Waals surface area contributed by atoms with Crippen LogP contribution in [-0.4, -0.2) is 18.4 Å². The van der Waals surface area contributed by atoms with Crippen LogP contribution in [0, 0.1) is 5.92 Å². The Morgan fingerprint density at radius 1 is 1.04 bits per heavy atom. The first-order chi connectivity index (χ1) is 12.0. The van der Waals surface area contributed by atoms with E-state index in [1.807, 2.05) is 32.0 Å². The molecule has 2 aromatic rings. The third-order valence-electron chi connectivity index (χ3n) is 4.10. The van der Waals surface area contributed by atoms with Crippen LogP contribution in [-0.2, 0) is 11.2 Å². The van der Waals surface area contributed by atoms with Crippen molar-refractivity contribution in [1.82, 2.24) is 0 Å². The van der Waals surface area contributed by atoms with Crippen molar-refractivity contribution in [2.24, 2.45) is 5.92 Å². The Labute approximate surface area is 160 Å². The fourth-order valence-electron chi connectivity index (χ4n) is 2.87. The molecule has 5 nitrogen and oxygen atoms in total. The van der Waals surface area contributed by atoms with Gasteiger partial charge in [0.2, 0.25) is 5.91 Å². The molecule has 0 spiro atoms. The van der Waals surface area contributed by atoms with E-state index in [9.17, 15) is 9.59 Å². The summed E-state index contributed by atoms with van der Waals surface area (Å²) in [6, 6.07) is 12.9. The minimum absolute atomic E-state index is 0. The van der Waals surface area contributed by atoms with Crippen molar-refractivity contribution in [2.45, 2.75) is 26.7 Å². The normalized spacial score (nSPS) is 12.0. The lowest BCUT2D eigenvalue weighted by Gasteiger charge is -2.09. The molecule has 0 bridgehead atoms. The highest BCUT2D eigenvalue weighted by molar-refractivity contribution is 6.04. The summed E-state index contributed by atoms with van der Waals surface area (Å²) in [5, 5.41) is 9.03. The molecule has 0 saturated heterocycles. The molecule has 3 rings (SSSR count). The van der Waals surface area contributed by atoms with Gasteiger partial charge in [0, 0.05) is 35.6 Å². The summed E-state index contributed by atoms with van der Waals surface area (Å²) in [5.41, 5.74) is 4.36. The summed E-state index contributed by atoms with van der Waals surface area (Å²) in [6.07, 6.45) is 1.44. The van der Waals surface area contributed by atoms with E-state index in [2.05, 4.69) is 16.0 Å². The third kappa shape index (κ3) is 4.99. The van der Waals surface area contributed by atoms with E-state index in [0.29, 0.717) is 23.6 Å². The molecule has 0 atom stereocenters. The Kier molecular flexibility index (Phi) is 6.64. The van der Waals surface area contributed by atoms with E-state index in [1.165, 1.54) is 5.56 Å². The van der Waals surface area contributed by atoms with E-state index in [0.717, 1.165) is 24.3 Å². The van der Waals surface area contributed by atoms with Gasteiger partial charge >= 0.3 is 0 Å². The Morgan fingerprint density at radius 3 is 2.35 bits per heavy atom. The van der Waals surface area contributed by atoms with Crippen molar-refractivity contribution in [3.05, 3.63) is 53.6 Å². The van der Waals surface area contributed by atoms with E-state index >= 15 is 0 Å². The lowest BCUT2D eigenvalue weighted by molar-refractivity contribution is -0.116. The van der Waals surface area contributed by atoms with Gasteiger partial charge in [-0.25, -0.2) is 0 Å². The predicted octanol–water partition coefficient (Wildman–Crippen LogP) is 4.31. The Balaban J connectivity index is 0.00000243. The zero-order valence-electron chi connectivity index (χ0n) is 15.0. The number of hydrogen-bond donors (Lipinski definition) is 3. The standard InChI is InChI=1S/C20H23N3O2.ClH/c1-13(2)11-19(24)22-16-4-6-17(7-5-16)23-20(25)15-3-8-18-14(12-15)9-10-21-18;/h3-8,12-13,21H,9-11H2,1-2H3,(H,22,24)(H,23,25);1H. The van der Waals surface area contributed by atoms with Gasteiger partial charge in [-0.2, -0.15) is 0 Å². The number of carbonyl (C=O) groups excluding carboxylic acids is 2. The molecule has 0 fully saturated rings. The van der Waals surface area contributed by atoms with E-state index < -0.39 is 0 Å². The molecule has 2 amide bonds. The van der Waals surface area contributed by atoms with Gasteiger partial charge in [0.25, 0.3) is 5.91 Å². The number of fused-ring (bicyclic) bond motifs is 1. The van der Waals surface area contributed by atoms with Gasteiger partial charge in [-0.3, -0.25) is 9.59 Å². The van der Waals surface area contributed by atoms with Crippen LogP contribution in [0.5, 0.6) is 0 Å². The van der Waals surface area contributed by atoms with Crippen molar-refractivity contribution >= 4 is 41.3 Å². The quantitative estimate of drug-likeness (QED) is 0.731. The van der Waals surface area contributed by atoms with E-state index in [-0.39, 0.29) is 24.2 Å². The molecule has 3 N–H and O–H groups in total. The molecule has 0 radical (unpaired) electrons. The molecule has 1 aliphatic heterocycles. The second-order valence-corrected chi connectivity index (χ2v) is 6.73. The number of nitrogens with one attached hydrogen (secondary N) is 3. The van der Waals surface area contributed by atoms with Gasteiger partial charge in [-0.05, 0) is 60.4 Å². The topological polar surface area (TPSA) is 70.2 Å². The highest BCUT2D eigenvalue weighted by Gasteiger charge is 2.13. The highest BCUT2D eigenvalue weighted by atomic mass is 35.5. The second-order valence-electron chi connectivity index (χ2n) is 6.73. The maximum absolute atomic E-state index is 12.4. The van der Waals surface area contributed by atoms with Crippen molar-refractivity contribution in [2.75, 3.05) is 22.5 Å². The summed E-state index contributed by atoms with van der Waals surface area (Å²) in [7, 11) is 0. The molecule has 26 heavy (non-hydrogen) atoms. The molecule has 0 saturated carbocycles. The number of benzene rings is 2. The van der Waals surface area contributed by atoms with Crippen molar-refractivity contribution in [1.29, 1.82) is 0 Å². The van der Waals surface area contributed by atoms with Crippen LogP contribution < -0.4 is 16.0 Å². The van der Waals surface area contributed by atoms with Gasteiger partial charge in [0.15, 0.2) is 0 Å². The van der Waals surface area contributed by atoms with Gasteiger partial charge in [-0.1, -0.05) is 13.8 Å². The number of hydrogen-bond acceptors (Lipinski definition) is 3. The molecule has 2 aromatic carbocycles. The fourth-order valence-corrected chi connectivity index (χ4v) is 2.87. The summed E-state index contributed by atoms with van der Waals surface area (Å²) in [5.74, 6) is 0.186. The molecule has 1 aliphatic rings. The fraction of sp³-hybridized carbons (Fsp3) is 0.300. The molecule has 0 unspecified atom stereocenters. The van der Waals surface area contributed by atoms with Crippen LogP contribution in [0.2, 0.25) is 0 Å². The van der Waals surface area contributed by atoms with Crippen molar-refractivity contribution in [3.8, 4) is 0 Å². The van der Waals surface area contributed by atoms with Crippen LogP contribution >= 0.6 is 12.4 Å². The smallest absolute Gasteiger partial charge is 0.255 e. The molecular formula is C20H24ClN3O2. The van der Waals surface area contributed by atoms with Crippen LogP contribution in [0.3, 0.4) is 0 Å². The molecule has 0 aliphatic carbocycles. The van der Waals surface area contributed by atoms with Crippen LogP contribution in [0.25, 0.3) is 0 Å². The average Bonchev–Trinajstić information content (AvgIpc) is 3.03. The van der Waals surface area contributed by atoms with Crippen LogP contribution in [0.15, 0.2) is 42.5 Å². The number of anilines is 3. The van der Waals surface area contributed by atoms with Crippen molar-refractivity contribution in [3.63, 3.8) is 0 Å². The van der Waals surface area contributed by atoms with Gasteiger partial charge in [0.1, 0.15) is 0 Å². The average molecular weight is 374 g/mol. The number of carbonyl (C=O) groups is 2. The zero-order chi connectivity index (χ0) is 17.8. The highest BCUT2D eigenvalue weighted by Crippen LogP contribution is 2.23. The summed E-state index contributed by atoms with van der Waals surface area (Å²) < 4.78 is 0. The summed E-state index contributed by atoms with van der Waals surface area (Å²) in [4.78, 5) is 24.2. The second kappa shape index (κ2) is 8.72. The molecule has 0 aromatic heterocycles. The maximum atomic E-state index is 12.4. The van der Waals surface area contributed by atoms with Crippen LogP contribution in [0.1, 0.15) is 36.2 Å². The largest absolute Gasteiger partial charge is 0.384 e. The Bertz CT molecular complexity index is 788. The lowest BCUT2D eigenvalue weighted by atomic mass is 10.1. The van der Waals surface area contributed by atoms with E-state index in [1.54, 1.807) is 24.3 Å². The Morgan fingerprint density at radius 2 is 1.69 bits per heavy atom. The van der Waals surface area contributed by atoms with Gasteiger partial charge in [-0.15, -0.1) is 12.4 Å². The number of amides is 2. The van der Waals surface area contributed by atoms with Crippen LogP contribution in [0.4, 0.5) is 17.1 Å². The molecular weight excluding hydrogens is 350 g/mol. The summed E-state index contributed by atoms with van der Waals surface area (Å²) >= 11 is 0. The zero-order valence-corrected chi connectivity index (χ0v) is 15.8. The molecule has 6 heteroatoms. The van der Waals surface area contributed by atoms with E-state index in [4.69, 9.17) is 0 Å². The van der Waals surface area contributed by atoms with Gasteiger partial charge in [0.05, 0.1) is 0 Å². The minimum Gasteiger partial charge on any atom is -0.384 e. The number of halogens is 1. The first-order valence-electron chi connectivity index (χ1n) is 8.59. The third-order valence-corrected chi connectivity index (χ3v) is 4.10. The lowest BCUT2D eigenvalue weighted by Crippen LogP contribution is -2.14. The monoisotopic (exact) mass is 373 g/mol. The SMILES string of the molecule is CC(C)CC(=O)Nc1ccc(NC(=O)c2ccc3c(c2)CCN3)cc1.Cl.